The topological polar surface area (TPSA) is 130 Å². The van der Waals surface area contributed by atoms with E-state index in [4.69, 9.17) is 9.47 Å². The van der Waals surface area contributed by atoms with Gasteiger partial charge in [0.2, 0.25) is 0 Å². The van der Waals surface area contributed by atoms with Crippen molar-refractivity contribution in [2.75, 3.05) is 46.9 Å². The van der Waals surface area contributed by atoms with Crippen molar-refractivity contribution in [1.82, 2.24) is 25.4 Å². The van der Waals surface area contributed by atoms with Crippen molar-refractivity contribution >= 4 is 23.8 Å². The van der Waals surface area contributed by atoms with Crippen LogP contribution in [0.1, 0.15) is 46.5 Å². The van der Waals surface area contributed by atoms with E-state index < -0.39 is 35.8 Å². The molecule has 6 heterocycles. The largest absolute Gasteiger partial charge is 0.467 e. The Labute approximate surface area is 221 Å². The highest BCUT2D eigenvalue weighted by Crippen LogP contribution is 2.65. The molecule has 1 saturated carbocycles. The Morgan fingerprint density at radius 2 is 1.63 bits per heavy atom. The molecule has 1 aromatic heterocycles. The molecule has 6 atom stereocenters. The maximum Gasteiger partial charge on any atom is 0.328 e. The van der Waals surface area contributed by atoms with Gasteiger partial charge in [0.1, 0.15) is 17.8 Å². The van der Waals surface area contributed by atoms with Crippen LogP contribution in [0.4, 0.5) is 0 Å². The van der Waals surface area contributed by atoms with E-state index in [1.165, 1.54) is 32.5 Å². The van der Waals surface area contributed by atoms with Gasteiger partial charge in [-0.1, -0.05) is 0 Å². The smallest absolute Gasteiger partial charge is 0.328 e. The van der Waals surface area contributed by atoms with Gasteiger partial charge in [-0.2, -0.15) is 0 Å². The Morgan fingerprint density at radius 1 is 0.947 bits per heavy atom. The van der Waals surface area contributed by atoms with Gasteiger partial charge in [0, 0.05) is 43.2 Å². The van der Waals surface area contributed by atoms with Gasteiger partial charge in [-0.05, 0) is 62.7 Å². The summed E-state index contributed by atoms with van der Waals surface area (Å²) in [7, 11) is 2.66. The van der Waals surface area contributed by atoms with E-state index in [9.17, 15) is 19.2 Å². The van der Waals surface area contributed by atoms with Crippen LogP contribution in [0.3, 0.4) is 0 Å². The number of carbonyl (C=O) groups is 4. The molecule has 1 spiro atoms. The third-order valence-electron chi connectivity index (χ3n) is 9.80. The standard InChI is InChI=1S/C27H35N5O6/c1-37-25(35)21(17-13-31-8-5-15(17)6-9-31)30-24(34)20-4-3-16(12-28-20)23(33)29-22(26(36)38-2)18-14-32-10-7-27(32)11-19(18)27/h3-4,12,15,17-19,21-22H,5-11,13-14H2,1-2H3,(H,29,33)(H,30,34)/t17?,18?,19?,21-,22-,27?/m1/s1. The number of ether oxygens (including phenoxy) is 2. The van der Waals surface area contributed by atoms with Crippen molar-refractivity contribution in [3.63, 3.8) is 0 Å². The fraction of sp³-hybridized carbons (Fsp3) is 0.667. The summed E-state index contributed by atoms with van der Waals surface area (Å²) in [4.78, 5) is 60.2. The number of amides is 2. The minimum absolute atomic E-state index is 0.0121. The maximum absolute atomic E-state index is 13.1. The lowest BCUT2D eigenvalue weighted by Crippen LogP contribution is -2.58. The molecule has 1 aliphatic carbocycles. The summed E-state index contributed by atoms with van der Waals surface area (Å²) in [5, 5.41) is 5.70. The van der Waals surface area contributed by atoms with Crippen LogP contribution in [0.5, 0.6) is 0 Å². The van der Waals surface area contributed by atoms with E-state index in [-0.39, 0.29) is 28.6 Å². The van der Waals surface area contributed by atoms with Gasteiger partial charge in [-0.25, -0.2) is 9.59 Å². The number of hydrogen-bond donors (Lipinski definition) is 2. The zero-order valence-corrected chi connectivity index (χ0v) is 21.9. The molecule has 6 aliphatic rings. The van der Waals surface area contributed by atoms with E-state index in [0.29, 0.717) is 11.8 Å². The van der Waals surface area contributed by atoms with Crippen LogP contribution in [0, 0.1) is 23.7 Å². The zero-order valence-electron chi connectivity index (χ0n) is 21.9. The number of piperidine rings is 4. The van der Waals surface area contributed by atoms with Crippen LogP contribution in [0.25, 0.3) is 0 Å². The van der Waals surface area contributed by atoms with Crippen LogP contribution in [-0.2, 0) is 19.1 Å². The average Bonchev–Trinajstić information content (AvgIpc) is 3.68. The monoisotopic (exact) mass is 525 g/mol. The molecule has 7 rings (SSSR count). The molecule has 2 amide bonds. The van der Waals surface area contributed by atoms with Crippen molar-refractivity contribution in [3.05, 3.63) is 29.6 Å². The van der Waals surface area contributed by atoms with Crippen LogP contribution in [-0.4, -0.2) is 103 Å². The first-order valence-corrected chi connectivity index (χ1v) is 13.6. The summed E-state index contributed by atoms with van der Waals surface area (Å²) in [6.45, 7) is 4.61. The predicted octanol–water partition coefficient (Wildman–Crippen LogP) is 0.0604. The van der Waals surface area contributed by atoms with Gasteiger partial charge in [0.15, 0.2) is 0 Å². The summed E-state index contributed by atoms with van der Waals surface area (Å²) >= 11 is 0. The molecule has 11 nitrogen and oxygen atoms in total. The molecule has 38 heavy (non-hydrogen) atoms. The minimum atomic E-state index is -0.755. The molecule has 2 N–H and O–H groups in total. The lowest BCUT2D eigenvalue weighted by molar-refractivity contribution is -0.147. The number of esters is 2. The number of nitrogens with zero attached hydrogens (tertiary/aromatic N) is 3. The van der Waals surface area contributed by atoms with E-state index >= 15 is 0 Å². The zero-order chi connectivity index (χ0) is 26.6. The lowest BCUT2D eigenvalue weighted by Gasteiger charge is -2.46. The molecular weight excluding hydrogens is 490 g/mol. The lowest BCUT2D eigenvalue weighted by atomic mass is 9.75. The first kappa shape index (κ1) is 25.2. The number of nitrogens with one attached hydrogen (secondary N) is 2. The Hall–Kier alpha value is -3.05. The summed E-state index contributed by atoms with van der Waals surface area (Å²) in [5.74, 6) is -1.06. The molecule has 11 heteroatoms. The summed E-state index contributed by atoms with van der Waals surface area (Å²) in [6.07, 6.45) is 5.55. The highest BCUT2D eigenvalue weighted by molar-refractivity contribution is 5.98. The molecular formula is C27H35N5O6. The van der Waals surface area contributed by atoms with Crippen molar-refractivity contribution in [2.24, 2.45) is 23.7 Å². The highest BCUT2D eigenvalue weighted by Gasteiger charge is 2.71. The number of rotatable bonds is 8. The SMILES string of the molecule is COC(=O)[C@H](NC(=O)c1ccc(C(=O)N[C@@H](C(=O)OC)C2CN3CCC34CC24)cn1)C1CN2CCC1CC2. The first-order valence-electron chi connectivity index (χ1n) is 13.6. The van der Waals surface area contributed by atoms with Gasteiger partial charge in [0.05, 0.1) is 19.8 Å². The number of hydrogen-bond acceptors (Lipinski definition) is 9. The third kappa shape index (κ3) is 4.16. The van der Waals surface area contributed by atoms with Crippen LogP contribution in [0.2, 0.25) is 0 Å². The predicted molar refractivity (Wildman–Crippen MR) is 134 cm³/mol. The molecule has 2 bridgehead atoms. The Kier molecular flexibility index (Phi) is 6.38. The third-order valence-corrected chi connectivity index (χ3v) is 9.80. The van der Waals surface area contributed by atoms with E-state index in [1.54, 1.807) is 0 Å². The van der Waals surface area contributed by atoms with Crippen LogP contribution >= 0.6 is 0 Å². The quantitative estimate of drug-likeness (QED) is 0.453. The van der Waals surface area contributed by atoms with E-state index in [2.05, 4.69) is 25.4 Å². The number of carbonyl (C=O) groups excluding carboxylic acids is 4. The van der Waals surface area contributed by atoms with Gasteiger partial charge < -0.3 is 25.0 Å². The summed E-state index contributed by atoms with van der Waals surface area (Å²) in [5.41, 5.74) is 0.583. The van der Waals surface area contributed by atoms with Crippen molar-refractivity contribution < 1.29 is 28.7 Å². The van der Waals surface area contributed by atoms with E-state index in [1.807, 2.05) is 0 Å². The normalized spacial score (nSPS) is 34.1. The number of pyridine rings is 1. The fourth-order valence-corrected chi connectivity index (χ4v) is 7.50. The molecule has 4 unspecified atom stereocenters. The maximum atomic E-state index is 13.1. The second-order valence-electron chi connectivity index (χ2n) is 11.5. The van der Waals surface area contributed by atoms with Crippen LogP contribution < -0.4 is 10.6 Å². The molecule has 6 fully saturated rings. The Balaban J connectivity index is 1.11. The Bertz CT molecular complexity index is 1070. The number of aromatic nitrogens is 1. The van der Waals surface area contributed by atoms with Crippen molar-refractivity contribution in [1.29, 1.82) is 0 Å². The molecule has 0 radical (unpaired) electrons. The van der Waals surface area contributed by atoms with Crippen molar-refractivity contribution in [2.45, 2.75) is 43.3 Å². The molecule has 204 valence electrons. The van der Waals surface area contributed by atoms with Gasteiger partial charge in [0.25, 0.3) is 11.8 Å². The second-order valence-corrected chi connectivity index (χ2v) is 11.5. The van der Waals surface area contributed by atoms with Crippen LogP contribution in [0.15, 0.2) is 18.3 Å². The van der Waals surface area contributed by atoms with E-state index in [0.717, 1.165) is 58.4 Å². The van der Waals surface area contributed by atoms with Gasteiger partial charge in [-0.15, -0.1) is 0 Å². The molecule has 5 saturated heterocycles. The number of methoxy groups -OCH3 is 2. The molecule has 0 aromatic carbocycles. The first-order chi connectivity index (χ1) is 18.3. The van der Waals surface area contributed by atoms with Gasteiger partial charge in [-0.3, -0.25) is 19.5 Å². The number of fused-ring (bicyclic) bond motifs is 3. The summed E-state index contributed by atoms with van der Waals surface area (Å²) < 4.78 is 10.0. The average molecular weight is 526 g/mol. The summed E-state index contributed by atoms with van der Waals surface area (Å²) in [6, 6.07) is 1.48. The molecule has 5 aliphatic heterocycles. The fourth-order valence-electron chi connectivity index (χ4n) is 7.50. The minimum Gasteiger partial charge on any atom is -0.467 e. The molecule has 1 aromatic rings. The van der Waals surface area contributed by atoms with Crippen molar-refractivity contribution in [3.8, 4) is 0 Å². The Morgan fingerprint density at radius 3 is 2.11 bits per heavy atom. The highest BCUT2D eigenvalue weighted by atomic mass is 16.5. The van der Waals surface area contributed by atoms with Gasteiger partial charge >= 0.3 is 11.9 Å². The second kappa shape index (κ2) is 9.60.